The number of fused-ring (bicyclic) bond motifs is 10. The summed E-state index contributed by atoms with van der Waals surface area (Å²) in [6.07, 6.45) is 0. The molecule has 0 saturated carbocycles. The van der Waals surface area contributed by atoms with Gasteiger partial charge in [-0.3, -0.25) is 0 Å². The second kappa shape index (κ2) is 10.3. The van der Waals surface area contributed by atoms with E-state index in [2.05, 4.69) is 146 Å². The highest BCUT2D eigenvalue weighted by molar-refractivity contribution is 5.94. The van der Waals surface area contributed by atoms with E-state index in [-0.39, 0.29) is 0 Å². The molecule has 0 atom stereocenters. The van der Waals surface area contributed by atoms with Crippen molar-refractivity contribution in [3.05, 3.63) is 192 Å². The first-order valence-electron chi connectivity index (χ1n) is 16.3. The van der Waals surface area contributed by atoms with E-state index in [0.717, 1.165) is 50.6 Å². The predicted octanol–water partition coefficient (Wildman–Crippen LogP) is 11.1. The lowest BCUT2D eigenvalue weighted by Crippen LogP contribution is -2.32. The van der Waals surface area contributed by atoms with Crippen LogP contribution in [0.4, 0.5) is 0 Å². The standard InChI is InChI=1S/C45H28N2O/c1-2-12-31(13-3-1)44-46-40-19-9-5-15-35(40)43(47-44)30-24-22-29(23-25-30)32-26-27-34-33-14-4-6-16-36(33)45(39(34)28-32)37-17-7-10-20-41(37)48-42-21-11-8-18-38(42)45/h1-28H. The third-order valence-electron chi connectivity index (χ3n) is 9.97. The minimum atomic E-state index is -0.485. The molecule has 2 heterocycles. The fraction of sp³-hybridized carbons (Fsp3) is 0.0222. The number of para-hydroxylation sites is 3. The number of rotatable bonds is 3. The molecule has 0 N–H and O–H groups in total. The lowest BCUT2D eigenvalue weighted by atomic mass is 9.66. The molecule has 3 heteroatoms. The minimum absolute atomic E-state index is 0.485. The van der Waals surface area contributed by atoms with E-state index in [1.807, 2.05) is 24.3 Å². The van der Waals surface area contributed by atoms with Gasteiger partial charge in [0.05, 0.1) is 16.6 Å². The molecule has 1 aromatic heterocycles. The molecule has 1 aliphatic heterocycles. The summed E-state index contributed by atoms with van der Waals surface area (Å²) in [6.45, 7) is 0. The van der Waals surface area contributed by atoms with Gasteiger partial charge in [-0.05, 0) is 57.6 Å². The molecular weight excluding hydrogens is 585 g/mol. The third kappa shape index (κ3) is 3.82. The van der Waals surface area contributed by atoms with E-state index in [9.17, 15) is 0 Å². The average Bonchev–Trinajstić information content (AvgIpc) is 3.45. The van der Waals surface area contributed by atoms with E-state index >= 15 is 0 Å². The molecule has 0 bridgehead atoms. The Balaban J connectivity index is 1.14. The van der Waals surface area contributed by atoms with Gasteiger partial charge in [0, 0.05) is 27.6 Å². The SMILES string of the molecule is c1ccc(-c2nc(-c3ccc(-c4ccc5c(c4)C4(c6ccccc6Oc6ccccc64)c4ccccc4-5)cc3)c3ccccc3n2)cc1. The van der Waals surface area contributed by atoms with Crippen LogP contribution in [0, 0.1) is 0 Å². The van der Waals surface area contributed by atoms with Gasteiger partial charge in [0.25, 0.3) is 0 Å². The summed E-state index contributed by atoms with van der Waals surface area (Å²) in [4.78, 5) is 9.99. The molecule has 0 unspecified atom stereocenters. The van der Waals surface area contributed by atoms with Crippen molar-refractivity contribution >= 4 is 10.9 Å². The van der Waals surface area contributed by atoms with Crippen LogP contribution in [0.5, 0.6) is 11.5 Å². The third-order valence-corrected chi connectivity index (χ3v) is 9.97. The van der Waals surface area contributed by atoms with Crippen LogP contribution in [-0.4, -0.2) is 9.97 Å². The zero-order valence-electron chi connectivity index (χ0n) is 26.0. The number of benzene rings is 7. The topological polar surface area (TPSA) is 35.0 Å². The monoisotopic (exact) mass is 612 g/mol. The molecule has 2 aliphatic rings. The Hall–Kier alpha value is -6.32. The van der Waals surface area contributed by atoms with Gasteiger partial charge in [0.1, 0.15) is 11.5 Å². The number of nitrogens with zero attached hydrogens (tertiary/aromatic N) is 2. The molecule has 224 valence electrons. The van der Waals surface area contributed by atoms with Gasteiger partial charge in [-0.1, -0.05) is 146 Å². The molecule has 0 fully saturated rings. The van der Waals surface area contributed by atoms with Crippen molar-refractivity contribution in [1.29, 1.82) is 0 Å². The first-order chi connectivity index (χ1) is 23.8. The summed E-state index contributed by atoms with van der Waals surface area (Å²) in [5.41, 5.74) is 13.2. The smallest absolute Gasteiger partial charge is 0.160 e. The summed E-state index contributed by atoms with van der Waals surface area (Å²) < 4.78 is 6.52. The maximum atomic E-state index is 6.52. The maximum absolute atomic E-state index is 6.52. The van der Waals surface area contributed by atoms with E-state index in [4.69, 9.17) is 14.7 Å². The Morgan fingerprint density at radius 2 is 0.979 bits per heavy atom. The average molecular weight is 613 g/mol. The lowest BCUT2D eigenvalue weighted by Gasteiger charge is -2.39. The van der Waals surface area contributed by atoms with E-state index in [1.54, 1.807) is 0 Å². The highest BCUT2D eigenvalue weighted by Gasteiger charge is 2.50. The van der Waals surface area contributed by atoms with Crippen molar-refractivity contribution in [1.82, 2.24) is 9.97 Å². The molecular formula is C45H28N2O. The highest BCUT2D eigenvalue weighted by atomic mass is 16.5. The summed E-state index contributed by atoms with van der Waals surface area (Å²) in [5, 5.41) is 1.04. The Bertz CT molecular complexity index is 2490. The summed E-state index contributed by atoms with van der Waals surface area (Å²) in [5.74, 6) is 2.54. The number of ether oxygens (including phenoxy) is 1. The molecule has 48 heavy (non-hydrogen) atoms. The van der Waals surface area contributed by atoms with Gasteiger partial charge >= 0.3 is 0 Å². The molecule has 1 aliphatic carbocycles. The normalized spacial score (nSPS) is 13.3. The van der Waals surface area contributed by atoms with Crippen LogP contribution < -0.4 is 4.74 Å². The van der Waals surface area contributed by atoms with Gasteiger partial charge in [0.2, 0.25) is 0 Å². The Morgan fingerprint density at radius 3 is 1.75 bits per heavy atom. The van der Waals surface area contributed by atoms with Crippen LogP contribution in [0.1, 0.15) is 22.3 Å². The van der Waals surface area contributed by atoms with Crippen LogP contribution in [-0.2, 0) is 5.41 Å². The molecule has 1 spiro atoms. The minimum Gasteiger partial charge on any atom is -0.457 e. The highest BCUT2D eigenvalue weighted by Crippen LogP contribution is 2.62. The fourth-order valence-electron chi connectivity index (χ4n) is 7.87. The first kappa shape index (κ1) is 26.9. The number of hydrogen-bond donors (Lipinski definition) is 0. The van der Waals surface area contributed by atoms with Crippen molar-refractivity contribution < 1.29 is 4.74 Å². The Morgan fingerprint density at radius 1 is 0.396 bits per heavy atom. The second-order valence-electron chi connectivity index (χ2n) is 12.5. The maximum Gasteiger partial charge on any atom is 0.160 e. The molecule has 10 rings (SSSR count). The van der Waals surface area contributed by atoms with E-state index in [1.165, 1.54) is 38.9 Å². The van der Waals surface area contributed by atoms with Gasteiger partial charge < -0.3 is 4.74 Å². The molecule has 7 aromatic carbocycles. The summed E-state index contributed by atoms with van der Waals surface area (Å²) >= 11 is 0. The fourth-order valence-corrected chi connectivity index (χ4v) is 7.87. The lowest BCUT2D eigenvalue weighted by molar-refractivity contribution is 0.436. The molecule has 0 amide bonds. The van der Waals surface area contributed by atoms with Crippen molar-refractivity contribution in [3.63, 3.8) is 0 Å². The summed E-state index contributed by atoms with van der Waals surface area (Å²) in [7, 11) is 0. The van der Waals surface area contributed by atoms with E-state index in [0.29, 0.717) is 0 Å². The van der Waals surface area contributed by atoms with Crippen molar-refractivity contribution in [2.45, 2.75) is 5.41 Å². The number of hydrogen-bond acceptors (Lipinski definition) is 3. The molecule has 3 nitrogen and oxygen atoms in total. The summed E-state index contributed by atoms with van der Waals surface area (Å²) in [6, 6.07) is 60.1. The molecule has 8 aromatic rings. The largest absolute Gasteiger partial charge is 0.457 e. The first-order valence-corrected chi connectivity index (χ1v) is 16.3. The van der Waals surface area contributed by atoms with Crippen molar-refractivity contribution in [2.75, 3.05) is 0 Å². The van der Waals surface area contributed by atoms with E-state index < -0.39 is 5.41 Å². The molecule has 0 radical (unpaired) electrons. The van der Waals surface area contributed by atoms with Crippen LogP contribution >= 0.6 is 0 Å². The predicted molar refractivity (Wildman–Crippen MR) is 193 cm³/mol. The second-order valence-corrected chi connectivity index (χ2v) is 12.5. The Labute approximate surface area is 278 Å². The van der Waals surface area contributed by atoms with Crippen LogP contribution in [0.3, 0.4) is 0 Å². The van der Waals surface area contributed by atoms with Crippen LogP contribution in [0.15, 0.2) is 170 Å². The van der Waals surface area contributed by atoms with Crippen molar-refractivity contribution in [3.8, 4) is 56.4 Å². The van der Waals surface area contributed by atoms with Gasteiger partial charge in [-0.2, -0.15) is 0 Å². The Kier molecular flexibility index (Phi) is 5.79. The van der Waals surface area contributed by atoms with Crippen LogP contribution in [0.25, 0.3) is 55.8 Å². The molecule has 0 saturated heterocycles. The van der Waals surface area contributed by atoms with Gasteiger partial charge in [0.15, 0.2) is 5.82 Å². The number of aromatic nitrogens is 2. The van der Waals surface area contributed by atoms with Crippen LogP contribution in [0.2, 0.25) is 0 Å². The van der Waals surface area contributed by atoms with Gasteiger partial charge in [-0.15, -0.1) is 0 Å². The zero-order chi connectivity index (χ0) is 31.7. The van der Waals surface area contributed by atoms with Gasteiger partial charge in [-0.25, -0.2) is 9.97 Å². The van der Waals surface area contributed by atoms with Crippen molar-refractivity contribution in [2.24, 2.45) is 0 Å². The zero-order valence-corrected chi connectivity index (χ0v) is 26.0. The quantitative estimate of drug-likeness (QED) is 0.199.